The van der Waals surface area contributed by atoms with Crippen molar-refractivity contribution >= 4 is 17.6 Å². The zero-order valence-corrected chi connectivity index (χ0v) is 24.1. The number of pyridine rings is 2. The largest absolute Gasteiger partial charge is 0.490 e. The molecule has 1 atom stereocenters. The third kappa shape index (κ3) is 7.74. The molecule has 47 heavy (non-hydrogen) atoms. The maximum atomic E-state index is 14.5. The number of aromatic nitrogens is 2. The Morgan fingerprint density at radius 3 is 2.04 bits per heavy atom. The van der Waals surface area contributed by atoms with Crippen LogP contribution >= 0.6 is 0 Å². The molecule has 2 aliphatic rings. The third-order valence-corrected chi connectivity index (χ3v) is 7.54. The first-order chi connectivity index (χ1) is 21.8. The number of benzene rings is 1. The highest BCUT2D eigenvalue weighted by molar-refractivity contribution is 5.75. The summed E-state index contributed by atoms with van der Waals surface area (Å²) in [7, 11) is 0. The molecule has 1 spiro atoms. The van der Waals surface area contributed by atoms with Crippen LogP contribution in [-0.2, 0) is 27.8 Å². The predicted molar refractivity (Wildman–Crippen MR) is 144 cm³/mol. The Morgan fingerprint density at radius 1 is 0.915 bits per heavy atom. The van der Waals surface area contributed by atoms with Gasteiger partial charge in [0.2, 0.25) is 5.91 Å². The number of nitrogens with one attached hydrogen (secondary N) is 1. The van der Waals surface area contributed by atoms with Gasteiger partial charge in [-0.25, -0.2) is 22.4 Å². The van der Waals surface area contributed by atoms with E-state index < -0.39 is 53.4 Å². The number of rotatable bonds is 7. The van der Waals surface area contributed by atoms with Gasteiger partial charge in [0.1, 0.15) is 0 Å². The first kappa shape index (κ1) is 35.4. The Kier molecular flexibility index (Phi) is 9.76. The zero-order chi connectivity index (χ0) is 34.9. The van der Waals surface area contributed by atoms with E-state index in [-0.39, 0.29) is 16.7 Å². The molecule has 5 rings (SSSR count). The average Bonchev–Trinajstić information content (AvgIpc) is 2.93. The number of alkyl halides is 8. The van der Waals surface area contributed by atoms with E-state index in [4.69, 9.17) is 9.90 Å². The molecule has 0 radical (unpaired) electrons. The molecule has 0 bridgehead atoms. The van der Waals surface area contributed by atoms with Crippen molar-refractivity contribution in [2.75, 3.05) is 31.1 Å². The van der Waals surface area contributed by atoms with Crippen LogP contribution in [0.25, 0.3) is 0 Å². The molecule has 254 valence electrons. The van der Waals surface area contributed by atoms with Gasteiger partial charge in [-0.2, -0.15) is 26.3 Å². The van der Waals surface area contributed by atoms with Crippen LogP contribution in [0.5, 0.6) is 0 Å². The van der Waals surface area contributed by atoms with Crippen LogP contribution in [0, 0.1) is 17.0 Å². The lowest BCUT2D eigenvalue weighted by atomic mass is 9.72. The van der Waals surface area contributed by atoms with E-state index in [2.05, 4.69) is 20.2 Å². The van der Waals surface area contributed by atoms with Gasteiger partial charge < -0.3 is 15.3 Å². The Balaban J connectivity index is 0.000000644. The minimum atomic E-state index is -5.08. The summed E-state index contributed by atoms with van der Waals surface area (Å²) in [4.78, 5) is 32.6. The van der Waals surface area contributed by atoms with E-state index in [0.29, 0.717) is 56.1 Å². The van der Waals surface area contributed by atoms with Gasteiger partial charge >= 0.3 is 18.3 Å². The second-order valence-electron chi connectivity index (χ2n) is 11.2. The van der Waals surface area contributed by atoms with Crippen molar-refractivity contribution in [3.8, 4) is 0 Å². The van der Waals surface area contributed by atoms with Crippen molar-refractivity contribution < 1.29 is 58.6 Å². The SMILES string of the molecule is CC(=O)N[C@](c1ccc(F)c(F)c1)(c1ccc(CN2CC3(C2)CN(c2cncc(C(F)(F)F)c2)C3)cn1)C(F)F.O=C(O)C(F)(F)F. The molecule has 0 unspecified atom stereocenters. The number of halogens is 10. The number of likely N-dealkylation sites (tertiary alicyclic amines) is 1. The number of hydrogen-bond donors (Lipinski definition) is 2. The van der Waals surface area contributed by atoms with Gasteiger partial charge in [-0.05, 0) is 35.4 Å². The average molecular weight is 682 g/mol. The summed E-state index contributed by atoms with van der Waals surface area (Å²) in [5, 5.41) is 9.31. The van der Waals surface area contributed by atoms with Crippen LogP contribution in [0.2, 0.25) is 0 Å². The summed E-state index contributed by atoms with van der Waals surface area (Å²) in [5.41, 5.74) is -2.81. The molecule has 3 aromatic rings. The standard InChI is InChI=1S/C27H24F7N5O.C2HF3O2/c1-16(40)37-26(24(30)31,18-3-4-21(28)22(29)7-18)23-5-2-17(8-36-23)11-38-12-25(13-38)14-39(15-25)20-6-19(9-35-10-20)27(32,33)34;3-2(4,5)1(6)7/h2-10,24H,11-15H2,1H3,(H,37,40);(H,6,7)/t26-;/m1./s1. The number of amides is 1. The van der Waals surface area contributed by atoms with E-state index in [1.54, 1.807) is 6.07 Å². The lowest BCUT2D eigenvalue weighted by Gasteiger charge is -2.61. The second-order valence-corrected chi connectivity index (χ2v) is 11.2. The van der Waals surface area contributed by atoms with Crippen LogP contribution in [0.3, 0.4) is 0 Å². The van der Waals surface area contributed by atoms with E-state index >= 15 is 0 Å². The number of nitrogens with zero attached hydrogens (tertiary/aromatic N) is 4. The Bertz CT molecular complexity index is 1600. The van der Waals surface area contributed by atoms with E-state index in [1.807, 2.05) is 4.90 Å². The minimum absolute atomic E-state index is 0.0511. The highest BCUT2D eigenvalue weighted by Crippen LogP contribution is 2.43. The number of carboxylic acids is 1. The minimum Gasteiger partial charge on any atom is -0.475 e. The van der Waals surface area contributed by atoms with Crippen molar-refractivity contribution in [2.45, 2.75) is 37.8 Å². The van der Waals surface area contributed by atoms with Gasteiger partial charge in [0.15, 0.2) is 17.2 Å². The highest BCUT2D eigenvalue weighted by atomic mass is 19.4. The Labute approximate surface area is 260 Å². The third-order valence-electron chi connectivity index (χ3n) is 7.54. The topological polar surface area (TPSA) is 98.7 Å². The molecule has 1 amide bonds. The van der Waals surface area contributed by atoms with Gasteiger partial charge in [-0.15, -0.1) is 0 Å². The fourth-order valence-corrected chi connectivity index (χ4v) is 5.52. The number of hydrogen-bond acceptors (Lipinski definition) is 6. The van der Waals surface area contributed by atoms with Crippen LogP contribution in [0.1, 0.15) is 29.3 Å². The molecule has 18 heteroatoms. The van der Waals surface area contributed by atoms with Gasteiger partial charge in [0.25, 0.3) is 6.43 Å². The highest BCUT2D eigenvalue weighted by Gasteiger charge is 2.52. The summed E-state index contributed by atoms with van der Waals surface area (Å²) < 4.78 is 127. The molecular weight excluding hydrogens is 656 g/mol. The molecule has 2 aromatic heterocycles. The maximum absolute atomic E-state index is 14.5. The Morgan fingerprint density at radius 2 is 1.55 bits per heavy atom. The van der Waals surface area contributed by atoms with Crippen LogP contribution in [0.4, 0.5) is 49.6 Å². The monoisotopic (exact) mass is 681 g/mol. The van der Waals surface area contributed by atoms with Crippen LogP contribution < -0.4 is 10.2 Å². The molecule has 2 saturated heterocycles. The Hall–Kier alpha value is -4.48. The molecule has 4 heterocycles. The van der Waals surface area contributed by atoms with Crippen molar-refractivity contribution in [1.82, 2.24) is 20.2 Å². The van der Waals surface area contributed by atoms with Crippen LogP contribution in [0.15, 0.2) is 55.0 Å². The lowest BCUT2D eigenvalue weighted by molar-refractivity contribution is -0.192. The molecule has 8 nitrogen and oxygen atoms in total. The van der Waals surface area contributed by atoms with E-state index in [1.165, 1.54) is 18.5 Å². The molecule has 2 aliphatic heterocycles. The first-order valence-corrected chi connectivity index (χ1v) is 13.5. The van der Waals surface area contributed by atoms with Gasteiger partial charge in [0.05, 0.1) is 23.1 Å². The fourth-order valence-electron chi connectivity index (χ4n) is 5.52. The normalized spacial score (nSPS) is 17.2. The zero-order valence-electron chi connectivity index (χ0n) is 24.1. The predicted octanol–water partition coefficient (Wildman–Crippen LogP) is 5.37. The van der Waals surface area contributed by atoms with Crippen LogP contribution in [-0.4, -0.2) is 70.6 Å². The quantitative estimate of drug-likeness (QED) is 0.324. The van der Waals surface area contributed by atoms with E-state index in [9.17, 15) is 48.7 Å². The maximum Gasteiger partial charge on any atom is 0.490 e. The second kappa shape index (κ2) is 13.0. The molecule has 2 N–H and O–H groups in total. The molecule has 2 fully saturated rings. The number of carboxylic acid groups (broad SMARTS) is 1. The fraction of sp³-hybridized carbons (Fsp3) is 0.379. The molecular formula is C29H25F10N5O3. The summed E-state index contributed by atoms with van der Waals surface area (Å²) >= 11 is 0. The lowest BCUT2D eigenvalue weighted by Crippen LogP contribution is -2.72. The van der Waals surface area contributed by atoms with E-state index in [0.717, 1.165) is 25.3 Å². The van der Waals surface area contributed by atoms with Crippen molar-refractivity contribution in [3.05, 3.63) is 89.0 Å². The van der Waals surface area contributed by atoms with Gasteiger partial charge in [0, 0.05) is 57.5 Å². The summed E-state index contributed by atoms with van der Waals surface area (Å²) in [6.45, 7) is 4.05. The van der Waals surface area contributed by atoms with Crippen molar-refractivity contribution in [2.24, 2.45) is 5.41 Å². The number of carbonyl (C=O) groups excluding carboxylic acids is 1. The molecule has 0 aliphatic carbocycles. The number of carbonyl (C=O) groups is 2. The van der Waals surface area contributed by atoms with Crippen molar-refractivity contribution in [1.29, 1.82) is 0 Å². The summed E-state index contributed by atoms with van der Waals surface area (Å²) in [6, 6.07) is 6.29. The van der Waals surface area contributed by atoms with Gasteiger partial charge in [-0.3, -0.25) is 19.7 Å². The molecule has 1 aromatic carbocycles. The van der Waals surface area contributed by atoms with Crippen molar-refractivity contribution in [3.63, 3.8) is 0 Å². The number of anilines is 1. The molecule has 0 saturated carbocycles. The van der Waals surface area contributed by atoms with Gasteiger partial charge in [-0.1, -0.05) is 12.1 Å². The summed E-state index contributed by atoms with van der Waals surface area (Å²) in [6.07, 6.45) is -9.19. The number of aliphatic carboxylic acids is 1. The summed E-state index contributed by atoms with van der Waals surface area (Å²) in [5.74, 6) is -6.12. The first-order valence-electron chi connectivity index (χ1n) is 13.5. The smallest absolute Gasteiger partial charge is 0.475 e.